The summed E-state index contributed by atoms with van der Waals surface area (Å²) >= 11 is 12.5. The third kappa shape index (κ3) is 2.59. The van der Waals surface area contributed by atoms with Crippen molar-refractivity contribution in [1.82, 2.24) is 4.90 Å². The molecule has 116 valence electrons. The number of ether oxygens (including phenoxy) is 1. The van der Waals surface area contributed by atoms with Gasteiger partial charge in [0.25, 0.3) is 0 Å². The third-order valence-electron chi connectivity index (χ3n) is 3.83. The summed E-state index contributed by atoms with van der Waals surface area (Å²) in [4.78, 5) is 1.93. The van der Waals surface area contributed by atoms with Crippen LogP contribution in [0.2, 0.25) is 10.0 Å². The maximum absolute atomic E-state index is 11.5. The quantitative estimate of drug-likeness (QED) is 0.907. The molecular weight excluding hydrogens is 321 g/mol. The van der Waals surface area contributed by atoms with Crippen LogP contribution in [0.3, 0.4) is 0 Å². The highest BCUT2D eigenvalue weighted by Gasteiger charge is 2.39. The van der Waals surface area contributed by atoms with Crippen molar-refractivity contribution in [3.05, 3.63) is 63.1 Å². The molecule has 2 aromatic rings. The monoisotopic (exact) mass is 337 g/mol. The molecule has 0 spiro atoms. The Morgan fingerprint density at radius 3 is 2.64 bits per heavy atom. The zero-order valence-electron chi connectivity index (χ0n) is 12.4. The Balaban J connectivity index is 2.30. The summed E-state index contributed by atoms with van der Waals surface area (Å²) in [5.74, 6) is 0.492. The SMILES string of the molecule is CN(C)CC1(O)c2ccccc2COc2c(Cl)cc(Cl)cc21. The van der Waals surface area contributed by atoms with E-state index in [0.717, 1.165) is 11.1 Å². The predicted octanol–water partition coefficient (Wildman–Crippen LogP) is 3.68. The van der Waals surface area contributed by atoms with Crippen LogP contribution in [0.1, 0.15) is 16.7 Å². The number of benzene rings is 2. The molecule has 1 heterocycles. The summed E-state index contributed by atoms with van der Waals surface area (Å²) in [5.41, 5.74) is 1.13. The third-order valence-corrected chi connectivity index (χ3v) is 4.33. The number of nitrogens with zero attached hydrogens (tertiary/aromatic N) is 1. The van der Waals surface area contributed by atoms with Crippen LogP contribution in [0, 0.1) is 0 Å². The number of aliphatic hydroxyl groups is 1. The average Bonchev–Trinajstić information content (AvgIpc) is 2.55. The van der Waals surface area contributed by atoms with Gasteiger partial charge in [0.2, 0.25) is 0 Å². The fourth-order valence-corrected chi connectivity index (χ4v) is 3.53. The first kappa shape index (κ1) is 15.6. The van der Waals surface area contributed by atoms with Gasteiger partial charge in [0.05, 0.1) is 5.02 Å². The Morgan fingerprint density at radius 1 is 1.18 bits per heavy atom. The van der Waals surface area contributed by atoms with Crippen LogP contribution in [0.25, 0.3) is 0 Å². The van der Waals surface area contributed by atoms with Gasteiger partial charge in [-0.3, -0.25) is 0 Å². The molecule has 1 N–H and O–H groups in total. The standard InChI is InChI=1S/C17H17Cl2NO2/c1-20(2)10-17(21)13-6-4-3-5-11(13)9-22-16-14(17)7-12(18)8-15(16)19/h3-8,21H,9-10H2,1-2H3. The first-order chi connectivity index (χ1) is 10.4. The van der Waals surface area contributed by atoms with Gasteiger partial charge in [-0.25, -0.2) is 0 Å². The van der Waals surface area contributed by atoms with Gasteiger partial charge in [-0.2, -0.15) is 0 Å². The van der Waals surface area contributed by atoms with Crippen LogP contribution in [-0.4, -0.2) is 30.6 Å². The van der Waals surface area contributed by atoms with Gasteiger partial charge >= 0.3 is 0 Å². The molecule has 0 bridgehead atoms. The number of likely N-dealkylation sites (N-methyl/N-ethyl adjacent to an activating group) is 1. The molecule has 0 radical (unpaired) electrons. The molecule has 22 heavy (non-hydrogen) atoms. The number of halogens is 2. The van der Waals surface area contributed by atoms with E-state index in [9.17, 15) is 5.11 Å². The zero-order chi connectivity index (χ0) is 15.9. The average molecular weight is 338 g/mol. The molecule has 0 amide bonds. The van der Waals surface area contributed by atoms with E-state index >= 15 is 0 Å². The summed E-state index contributed by atoms with van der Waals surface area (Å²) in [7, 11) is 3.83. The van der Waals surface area contributed by atoms with E-state index in [2.05, 4.69) is 0 Å². The van der Waals surface area contributed by atoms with Crippen LogP contribution in [0.15, 0.2) is 36.4 Å². The topological polar surface area (TPSA) is 32.7 Å². The van der Waals surface area contributed by atoms with Crippen molar-refractivity contribution in [2.24, 2.45) is 0 Å². The van der Waals surface area contributed by atoms with Crippen molar-refractivity contribution in [1.29, 1.82) is 0 Å². The smallest absolute Gasteiger partial charge is 0.144 e. The van der Waals surface area contributed by atoms with Gasteiger partial charge in [0.1, 0.15) is 18.0 Å². The fraction of sp³-hybridized carbons (Fsp3) is 0.294. The highest BCUT2D eigenvalue weighted by Crippen LogP contribution is 2.45. The number of rotatable bonds is 2. The molecule has 2 aromatic carbocycles. The van der Waals surface area contributed by atoms with E-state index < -0.39 is 5.60 Å². The van der Waals surface area contributed by atoms with Crippen molar-refractivity contribution in [2.75, 3.05) is 20.6 Å². The molecule has 3 rings (SSSR count). The Morgan fingerprint density at radius 2 is 1.91 bits per heavy atom. The normalized spacial score (nSPS) is 20.1. The number of fused-ring (bicyclic) bond motifs is 2. The minimum atomic E-state index is -1.24. The first-order valence-corrected chi connectivity index (χ1v) is 7.75. The molecule has 0 aromatic heterocycles. The van der Waals surface area contributed by atoms with Crippen LogP contribution >= 0.6 is 23.2 Å². The second-order valence-corrected chi connectivity index (χ2v) is 6.65. The lowest BCUT2D eigenvalue weighted by Gasteiger charge is -2.32. The Bertz CT molecular complexity index is 718. The predicted molar refractivity (Wildman–Crippen MR) is 88.8 cm³/mol. The molecular formula is C17H17Cl2NO2. The summed E-state index contributed by atoms with van der Waals surface area (Å²) in [5, 5.41) is 12.4. The van der Waals surface area contributed by atoms with Crippen molar-refractivity contribution in [2.45, 2.75) is 12.2 Å². The van der Waals surface area contributed by atoms with Crippen molar-refractivity contribution >= 4 is 23.2 Å². The van der Waals surface area contributed by atoms with E-state index in [4.69, 9.17) is 27.9 Å². The van der Waals surface area contributed by atoms with E-state index in [1.54, 1.807) is 12.1 Å². The van der Waals surface area contributed by atoms with Crippen LogP contribution < -0.4 is 4.74 Å². The molecule has 0 saturated carbocycles. The van der Waals surface area contributed by atoms with E-state index in [-0.39, 0.29) is 0 Å². The first-order valence-electron chi connectivity index (χ1n) is 6.99. The van der Waals surface area contributed by atoms with Crippen LogP contribution in [0.4, 0.5) is 0 Å². The van der Waals surface area contributed by atoms with Crippen molar-refractivity contribution < 1.29 is 9.84 Å². The van der Waals surface area contributed by atoms with Crippen LogP contribution in [0.5, 0.6) is 5.75 Å². The minimum absolute atomic E-state index is 0.361. The lowest BCUT2D eigenvalue weighted by atomic mass is 9.83. The Hall–Kier alpha value is -1.26. The highest BCUT2D eigenvalue weighted by molar-refractivity contribution is 6.35. The molecule has 3 nitrogen and oxygen atoms in total. The van der Waals surface area contributed by atoms with Crippen LogP contribution in [-0.2, 0) is 12.2 Å². The lowest BCUT2D eigenvalue weighted by molar-refractivity contribution is 0.0508. The molecule has 1 aliphatic rings. The highest BCUT2D eigenvalue weighted by atomic mass is 35.5. The summed E-state index contributed by atoms with van der Waals surface area (Å²) < 4.78 is 5.87. The maximum atomic E-state index is 11.5. The molecule has 0 fully saturated rings. The summed E-state index contributed by atoms with van der Waals surface area (Å²) in [6, 6.07) is 11.1. The number of hydrogen-bond acceptors (Lipinski definition) is 3. The molecule has 1 aliphatic heterocycles. The fourth-order valence-electron chi connectivity index (χ4n) is 2.99. The summed E-state index contributed by atoms with van der Waals surface area (Å²) in [6.45, 7) is 0.761. The van der Waals surface area contributed by atoms with Gasteiger partial charge in [-0.1, -0.05) is 47.5 Å². The molecule has 1 atom stereocenters. The van der Waals surface area contributed by atoms with Gasteiger partial charge in [0.15, 0.2) is 0 Å². The van der Waals surface area contributed by atoms with E-state index in [1.807, 2.05) is 43.3 Å². The van der Waals surface area contributed by atoms with Gasteiger partial charge in [-0.05, 0) is 37.4 Å². The molecule has 0 aliphatic carbocycles. The lowest BCUT2D eigenvalue weighted by Crippen LogP contribution is -2.39. The maximum Gasteiger partial charge on any atom is 0.144 e. The number of hydrogen-bond donors (Lipinski definition) is 1. The van der Waals surface area contributed by atoms with Gasteiger partial charge < -0.3 is 14.7 Å². The second kappa shape index (κ2) is 5.74. The Kier molecular flexibility index (Phi) is 4.08. The largest absolute Gasteiger partial charge is 0.487 e. The van der Waals surface area contributed by atoms with Crippen molar-refractivity contribution in [3.63, 3.8) is 0 Å². The summed E-state index contributed by atoms with van der Waals surface area (Å²) in [6.07, 6.45) is 0. The zero-order valence-corrected chi connectivity index (χ0v) is 13.9. The van der Waals surface area contributed by atoms with E-state index in [1.165, 1.54) is 0 Å². The molecule has 0 saturated heterocycles. The van der Waals surface area contributed by atoms with E-state index in [0.29, 0.717) is 34.5 Å². The van der Waals surface area contributed by atoms with Gasteiger partial charge in [-0.15, -0.1) is 0 Å². The molecule has 1 unspecified atom stereocenters. The second-order valence-electron chi connectivity index (χ2n) is 5.81. The minimum Gasteiger partial charge on any atom is -0.487 e. The van der Waals surface area contributed by atoms with Gasteiger partial charge in [0, 0.05) is 17.1 Å². The molecule has 5 heteroatoms. The Labute approximate surface area is 140 Å². The van der Waals surface area contributed by atoms with Crippen molar-refractivity contribution in [3.8, 4) is 5.75 Å².